The summed E-state index contributed by atoms with van der Waals surface area (Å²) in [5.41, 5.74) is 11.9. The molecule has 13 heteroatoms. The lowest BCUT2D eigenvalue weighted by atomic mass is 9.83. The molecule has 5 heterocycles. The number of cyclic esters (lactones) is 1. The summed E-state index contributed by atoms with van der Waals surface area (Å²) in [4.78, 5) is 59.3. The molecule has 3 aromatic carbocycles. The molecule has 6 bridgehead atoms. The summed E-state index contributed by atoms with van der Waals surface area (Å²) in [6.07, 6.45) is 3.92. The quantitative estimate of drug-likeness (QED) is 0.129. The Morgan fingerprint density at radius 3 is 2.62 bits per heavy atom. The lowest BCUT2D eigenvalue weighted by molar-refractivity contribution is -0.155. The number of ether oxygens (including phenoxy) is 2. The number of aromatic nitrogens is 1. The third kappa shape index (κ3) is 9.21. The zero-order chi connectivity index (χ0) is 45.4. The summed E-state index contributed by atoms with van der Waals surface area (Å²) in [5, 5.41) is 17.0. The van der Waals surface area contributed by atoms with Gasteiger partial charge in [-0.15, -0.1) is 0 Å². The van der Waals surface area contributed by atoms with Crippen LogP contribution < -0.4 is 10.7 Å². The molecule has 2 fully saturated rings. The summed E-state index contributed by atoms with van der Waals surface area (Å²) in [7, 11) is 1.92. The molecule has 3 amide bonds. The Bertz CT molecular complexity index is 2460. The van der Waals surface area contributed by atoms with Crippen LogP contribution in [0.5, 0.6) is 5.75 Å². The highest BCUT2D eigenvalue weighted by Crippen LogP contribution is 2.43. The summed E-state index contributed by atoms with van der Waals surface area (Å²) < 4.78 is 14.5. The minimum absolute atomic E-state index is 0.0480. The van der Waals surface area contributed by atoms with Crippen molar-refractivity contribution in [3.8, 4) is 28.1 Å². The van der Waals surface area contributed by atoms with Crippen LogP contribution in [0, 0.1) is 17.3 Å². The number of esters is 1. The van der Waals surface area contributed by atoms with E-state index in [0.717, 1.165) is 51.8 Å². The fourth-order valence-corrected chi connectivity index (χ4v) is 10.5. The van der Waals surface area contributed by atoms with E-state index in [1.165, 1.54) is 22.2 Å². The van der Waals surface area contributed by atoms with Crippen molar-refractivity contribution in [3.05, 3.63) is 89.5 Å². The number of carbonyl (C=O) groups is 4. The monoisotopic (exact) mass is 872 g/mol. The first-order valence-electron chi connectivity index (χ1n) is 23.0. The Morgan fingerprint density at radius 1 is 1.05 bits per heavy atom. The van der Waals surface area contributed by atoms with E-state index in [-0.39, 0.29) is 48.3 Å². The van der Waals surface area contributed by atoms with Gasteiger partial charge in [-0.05, 0) is 115 Å². The Balaban J connectivity index is 1.18. The smallest absolute Gasteiger partial charge is 0.324 e. The van der Waals surface area contributed by atoms with Crippen LogP contribution in [0.25, 0.3) is 33.3 Å². The largest absolute Gasteiger partial charge is 0.508 e. The molecule has 8 rings (SSSR count). The van der Waals surface area contributed by atoms with E-state index in [1.54, 1.807) is 17.0 Å². The number of phenolic OH excluding ortho intramolecular Hbond substituents is 1. The van der Waals surface area contributed by atoms with Gasteiger partial charge in [0, 0.05) is 61.0 Å². The van der Waals surface area contributed by atoms with Gasteiger partial charge in [-0.25, -0.2) is 5.43 Å². The first-order valence-corrected chi connectivity index (χ1v) is 23.0. The molecule has 3 N–H and O–H groups in total. The number of hydrazine groups is 1. The number of nitrogens with one attached hydrogen (secondary N) is 2. The molecule has 1 aromatic heterocycles. The van der Waals surface area contributed by atoms with Crippen molar-refractivity contribution in [2.45, 2.75) is 105 Å². The normalized spacial score (nSPS) is 21.8. The van der Waals surface area contributed by atoms with E-state index in [1.807, 2.05) is 31.9 Å². The number of hydrogen-bond donors (Lipinski definition) is 3. The number of carbonyl (C=O) groups excluding carboxylic acids is 4. The SMILES string of the molecule is C=CC(=O)N1CC[C@H](CN(C)[C@H](C(=O)N[C@H]2Cc3cc(O)cc(c3)-c3ccc4c(c3)c(c(-c3cccc5c3COC5)n4CC)CC(C)(C)COC(=O)[C@@H]3CCCN(N3)C2=O)C(C)C)C1. The average Bonchev–Trinajstić information content (AvgIpc) is 4.02. The topological polar surface area (TPSA) is 146 Å². The number of rotatable bonds is 9. The molecule has 4 aliphatic rings. The van der Waals surface area contributed by atoms with Gasteiger partial charge in [0.15, 0.2) is 0 Å². The van der Waals surface area contributed by atoms with Crippen molar-refractivity contribution in [2.24, 2.45) is 17.3 Å². The van der Waals surface area contributed by atoms with Crippen LogP contribution in [0.3, 0.4) is 0 Å². The molecule has 64 heavy (non-hydrogen) atoms. The molecule has 0 aliphatic carbocycles. The predicted octanol–water partition coefficient (Wildman–Crippen LogP) is 6.37. The van der Waals surface area contributed by atoms with E-state index in [0.29, 0.717) is 64.2 Å². The maximum absolute atomic E-state index is 14.7. The number of likely N-dealkylation sites (tertiary alicyclic amines) is 1. The molecule has 340 valence electrons. The van der Waals surface area contributed by atoms with E-state index in [4.69, 9.17) is 9.47 Å². The minimum Gasteiger partial charge on any atom is -0.508 e. The molecule has 0 radical (unpaired) electrons. The summed E-state index contributed by atoms with van der Waals surface area (Å²) in [6.45, 7) is 18.2. The summed E-state index contributed by atoms with van der Waals surface area (Å²) >= 11 is 0. The van der Waals surface area contributed by atoms with Crippen LogP contribution >= 0.6 is 0 Å². The fraction of sp³-hybridized carbons (Fsp3) is 0.490. The van der Waals surface area contributed by atoms with Crippen LogP contribution in [-0.4, -0.2) is 106 Å². The second-order valence-corrected chi connectivity index (χ2v) is 19.4. The van der Waals surface area contributed by atoms with Crippen LogP contribution in [0.4, 0.5) is 0 Å². The van der Waals surface area contributed by atoms with Crippen molar-refractivity contribution >= 4 is 34.6 Å². The molecular formula is C51H64N6O7. The number of phenols is 1. The van der Waals surface area contributed by atoms with Crippen LogP contribution in [0.15, 0.2) is 67.3 Å². The number of fused-ring (bicyclic) bond motifs is 7. The second kappa shape index (κ2) is 18.5. The van der Waals surface area contributed by atoms with Gasteiger partial charge in [0.1, 0.15) is 17.8 Å². The highest BCUT2D eigenvalue weighted by molar-refractivity contribution is 5.96. The van der Waals surface area contributed by atoms with Crippen molar-refractivity contribution in [1.82, 2.24) is 30.1 Å². The standard InChI is InChI=1S/C51H64N6O7/c1-8-45(59)55-19-17-32(27-55)26-54(7)46(31(3)4)48(60)52-43-22-33-20-36(23-37(58)21-33)34-15-16-44-39(24-34)40(47(56(44)9-2)38-13-10-12-35-28-63-29-41(35)38)25-51(5,6)30-64-50(62)42-14-11-18-57(53-42)49(43)61/h8,10,12-13,15-16,20-21,23-24,31-32,42-43,46,53,58H,1,9,11,14,17-19,22,25-30H2,2-7H3,(H,52,60)/t32-,42+,43+,46+/m1/s1. The Labute approximate surface area is 376 Å². The zero-order valence-corrected chi connectivity index (χ0v) is 38.2. The Morgan fingerprint density at radius 2 is 1.86 bits per heavy atom. The third-order valence-electron chi connectivity index (χ3n) is 13.6. The number of aryl methyl sites for hydroxylation is 1. The molecule has 0 spiro atoms. The number of amides is 3. The molecule has 2 saturated heterocycles. The third-order valence-corrected chi connectivity index (χ3v) is 13.6. The van der Waals surface area contributed by atoms with Crippen LogP contribution in [0.2, 0.25) is 0 Å². The summed E-state index contributed by atoms with van der Waals surface area (Å²) in [5.74, 6) is -1.07. The molecule has 13 nitrogen and oxygen atoms in total. The van der Waals surface area contributed by atoms with Crippen molar-refractivity contribution < 1.29 is 33.8 Å². The first-order chi connectivity index (χ1) is 30.6. The van der Waals surface area contributed by atoms with Crippen LogP contribution in [-0.2, 0) is 61.3 Å². The number of hydrogen-bond acceptors (Lipinski definition) is 9. The van der Waals surface area contributed by atoms with Gasteiger partial charge in [0.2, 0.25) is 11.8 Å². The van der Waals surface area contributed by atoms with Gasteiger partial charge < -0.3 is 29.4 Å². The molecular weight excluding hydrogens is 809 g/mol. The Hall–Kier alpha value is -5.50. The lowest BCUT2D eigenvalue weighted by Gasteiger charge is -2.37. The van der Waals surface area contributed by atoms with Gasteiger partial charge in [0.25, 0.3) is 5.91 Å². The number of aromatic hydroxyl groups is 1. The van der Waals surface area contributed by atoms with Crippen molar-refractivity contribution in [1.29, 1.82) is 0 Å². The molecule has 4 atom stereocenters. The van der Waals surface area contributed by atoms with Gasteiger partial charge >= 0.3 is 5.97 Å². The average molecular weight is 873 g/mol. The fourth-order valence-electron chi connectivity index (χ4n) is 10.5. The molecule has 0 saturated carbocycles. The first kappa shape index (κ1) is 45.1. The van der Waals surface area contributed by atoms with E-state index >= 15 is 0 Å². The molecule has 0 unspecified atom stereocenters. The highest BCUT2D eigenvalue weighted by Gasteiger charge is 2.38. The van der Waals surface area contributed by atoms with Gasteiger partial charge in [0.05, 0.1) is 31.6 Å². The number of nitrogens with zero attached hydrogens (tertiary/aromatic N) is 4. The summed E-state index contributed by atoms with van der Waals surface area (Å²) in [6, 6.07) is 15.8. The maximum atomic E-state index is 14.7. The number of likely N-dealkylation sites (N-methyl/N-ethyl adjacent to an activating group) is 1. The van der Waals surface area contributed by atoms with E-state index < -0.39 is 29.5 Å². The molecule has 4 aromatic rings. The van der Waals surface area contributed by atoms with Gasteiger partial charge in [-0.2, -0.15) is 0 Å². The highest BCUT2D eigenvalue weighted by atomic mass is 16.5. The second-order valence-electron chi connectivity index (χ2n) is 19.4. The van der Waals surface area contributed by atoms with E-state index in [9.17, 15) is 24.3 Å². The van der Waals surface area contributed by atoms with Gasteiger partial charge in [-0.3, -0.25) is 29.1 Å². The predicted molar refractivity (Wildman–Crippen MR) is 247 cm³/mol. The van der Waals surface area contributed by atoms with Gasteiger partial charge in [-0.1, -0.05) is 64.6 Å². The lowest BCUT2D eigenvalue weighted by Crippen LogP contribution is -2.62. The zero-order valence-electron chi connectivity index (χ0n) is 38.2. The Kier molecular flexibility index (Phi) is 13.1. The maximum Gasteiger partial charge on any atom is 0.324 e. The van der Waals surface area contributed by atoms with Crippen LogP contribution in [0.1, 0.15) is 76.1 Å². The molecule has 4 aliphatic heterocycles. The minimum atomic E-state index is -1.03. The number of benzene rings is 3. The van der Waals surface area contributed by atoms with Crippen molar-refractivity contribution in [3.63, 3.8) is 0 Å². The van der Waals surface area contributed by atoms with Crippen molar-refractivity contribution in [2.75, 3.05) is 39.8 Å². The van der Waals surface area contributed by atoms with E-state index in [2.05, 4.69) is 79.1 Å².